The van der Waals surface area contributed by atoms with Crippen molar-refractivity contribution in [3.05, 3.63) is 0 Å². The molecule has 6 nitrogen and oxygen atoms in total. The molecule has 0 aromatic heterocycles. The number of carbonyl (C=O) groups is 2. The first kappa shape index (κ1) is 16.2. The topological polar surface area (TPSA) is 84.9 Å². The van der Waals surface area contributed by atoms with Gasteiger partial charge in [-0.05, 0) is 44.4 Å². The summed E-state index contributed by atoms with van der Waals surface area (Å²) in [6.07, 6.45) is 3.82. The molecule has 1 saturated heterocycles. The first-order chi connectivity index (χ1) is 10.1. The first-order valence-electron chi connectivity index (χ1n) is 7.80. The number of nitrogens with one attached hydrogen (secondary N) is 1. The van der Waals surface area contributed by atoms with Crippen LogP contribution in [0.1, 0.15) is 45.4 Å². The van der Waals surface area contributed by atoms with Crippen molar-refractivity contribution in [1.82, 2.24) is 5.32 Å². The molecule has 2 aliphatic rings. The van der Waals surface area contributed by atoms with Gasteiger partial charge in [0, 0.05) is 19.8 Å². The Hall–Kier alpha value is -1.14. The molecule has 120 valence electrons. The fourth-order valence-electron chi connectivity index (χ4n) is 3.03. The molecule has 1 saturated carbocycles. The molecule has 21 heavy (non-hydrogen) atoms. The summed E-state index contributed by atoms with van der Waals surface area (Å²) in [5.74, 6) is -1.17. The number of ether oxygens (including phenoxy) is 2. The third-order valence-electron chi connectivity index (χ3n) is 4.62. The Morgan fingerprint density at radius 2 is 2.05 bits per heavy atom. The number of carboxylic acid groups (broad SMARTS) is 1. The van der Waals surface area contributed by atoms with Gasteiger partial charge in [0.1, 0.15) is 6.10 Å². The zero-order valence-electron chi connectivity index (χ0n) is 12.6. The van der Waals surface area contributed by atoms with E-state index in [2.05, 4.69) is 5.32 Å². The second kappa shape index (κ2) is 7.22. The molecule has 0 spiro atoms. The van der Waals surface area contributed by atoms with Gasteiger partial charge in [-0.25, -0.2) is 4.79 Å². The van der Waals surface area contributed by atoms with Gasteiger partial charge in [-0.1, -0.05) is 6.42 Å². The van der Waals surface area contributed by atoms with E-state index in [1.165, 1.54) is 6.42 Å². The van der Waals surface area contributed by atoms with Crippen LogP contribution >= 0.6 is 0 Å². The zero-order valence-corrected chi connectivity index (χ0v) is 12.6. The molecule has 2 atom stereocenters. The predicted octanol–water partition coefficient (Wildman–Crippen LogP) is 1.33. The van der Waals surface area contributed by atoms with Gasteiger partial charge in [-0.3, -0.25) is 4.79 Å². The maximum Gasteiger partial charge on any atom is 0.332 e. The number of carboxylic acids is 1. The quantitative estimate of drug-likeness (QED) is 0.661. The van der Waals surface area contributed by atoms with Gasteiger partial charge < -0.3 is 19.9 Å². The summed E-state index contributed by atoms with van der Waals surface area (Å²) in [5.41, 5.74) is 0.162. The minimum Gasteiger partial charge on any atom is -0.479 e. The molecule has 1 amide bonds. The molecule has 0 unspecified atom stereocenters. The number of amides is 1. The van der Waals surface area contributed by atoms with Crippen LogP contribution in [0, 0.1) is 5.41 Å². The van der Waals surface area contributed by atoms with E-state index in [1.54, 1.807) is 0 Å². The molecule has 0 bridgehead atoms. The summed E-state index contributed by atoms with van der Waals surface area (Å²) in [6.45, 7) is 4.06. The lowest BCUT2D eigenvalue weighted by Crippen LogP contribution is -2.46. The van der Waals surface area contributed by atoms with Crippen molar-refractivity contribution in [3.63, 3.8) is 0 Å². The van der Waals surface area contributed by atoms with Crippen LogP contribution < -0.4 is 5.32 Å². The molecule has 2 N–H and O–H groups in total. The van der Waals surface area contributed by atoms with E-state index >= 15 is 0 Å². The Balaban J connectivity index is 1.74. The monoisotopic (exact) mass is 299 g/mol. The number of carbonyl (C=O) groups excluding carboxylic acids is 1. The van der Waals surface area contributed by atoms with Gasteiger partial charge in [-0.15, -0.1) is 0 Å². The molecule has 2 rings (SSSR count). The highest BCUT2D eigenvalue weighted by molar-refractivity contribution is 5.82. The molecule has 1 aliphatic heterocycles. The Labute approximate surface area is 125 Å². The predicted molar refractivity (Wildman–Crippen MR) is 75.9 cm³/mol. The summed E-state index contributed by atoms with van der Waals surface area (Å²) in [4.78, 5) is 22.9. The van der Waals surface area contributed by atoms with Crippen LogP contribution in [0.4, 0.5) is 0 Å². The summed E-state index contributed by atoms with van der Waals surface area (Å²) in [5, 5.41) is 11.8. The maximum atomic E-state index is 12.1. The number of rotatable bonds is 8. The standard InChI is InChI=1S/C15H25NO5/c1-2-20-9-8-15(6-3-7-15)10-16-13(17)11-4-5-12(21-11)14(18)19/h11-12H,2-10H2,1H3,(H,16,17)(H,18,19)/t11-,12+/m0/s1. The fraction of sp³-hybridized carbons (Fsp3) is 0.867. The minimum atomic E-state index is -0.988. The van der Waals surface area contributed by atoms with Crippen molar-refractivity contribution in [2.45, 2.75) is 57.7 Å². The first-order valence-corrected chi connectivity index (χ1v) is 7.80. The van der Waals surface area contributed by atoms with Gasteiger partial charge >= 0.3 is 5.97 Å². The van der Waals surface area contributed by atoms with Gasteiger partial charge in [0.2, 0.25) is 5.91 Å². The lowest BCUT2D eigenvalue weighted by molar-refractivity contribution is -0.152. The van der Waals surface area contributed by atoms with E-state index in [0.29, 0.717) is 19.4 Å². The summed E-state index contributed by atoms with van der Waals surface area (Å²) in [7, 11) is 0. The highest BCUT2D eigenvalue weighted by atomic mass is 16.5. The second-order valence-electron chi connectivity index (χ2n) is 6.05. The van der Waals surface area contributed by atoms with Crippen molar-refractivity contribution in [1.29, 1.82) is 0 Å². The van der Waals surface area contributed by atoms with E-state index in [4.69, 9.17) is 14.6 Å². The lowest BCUT2D eigenvalue weighted by Gasteiger charge is -2.42. The van der Waals surface area contributed by atoms with Crippen molar-refractivity contribution in [2.75, 3.05) is 19.8 Å². The van der Waals surface area contributed by atoms with Gasteiger partial charge in [0.05, 0.1) is 0 Å². The molecular formula is C15H25NO5. The molecule has 1 heterocycles. The molecule has 1 aliphatic carbocycles. The largest absolute Gasteiger partial charge is 0.479 e. The average Bonchev–Trinajstić information content (AvgIpc) is 2.90. The molecule has 0 aromatic carbocycles. The Bertz CT molecular complexity index is 380. The van der Waals surface area contributed by atoms with Gasteiger partial charge in [0.25, 0.3) is 0 Å². The van der Waals surface area contributed by atoms with Gasteiger partial charge in [0.15, 0.2) is 6.10 Å². The molecular weight excluding hydrogens is 274 g/mol. The lowest BCUT2D eigenvalue weighted by atomic mass is 9.66. The summed E-state index contributed by atoms with van der Waals surface area (Å²) < 4.78 is 10.7. The van der Waals surface area contributed by atoms with Crippen LogP contribution in [0.2, 0.25) is 0 Å². The fourth-order valence-corrected chi connectivity index (χ4v) is 3.03. The van der Waals surface area contributed by atoms with Crippen molar-refractivity contribution >= 4 is 11.9 Å². The average molecular weight is 299 g/mol. The molecule has 6 heteroatoms. The van der Waals surface area contributed by atoms with Crippen molar-refractivity contribution in [3.8, 4) is 0 Å². The van der Waals surface area contributed by atoms with E-state index in [9.17, 15) is 9.59 Å². The molecule has 0 radical (unpaired) electrons. The smallest absolute Gasteiger partial charge is 0.332 e. The zero-order chi connectivity index (χ0) is 15.3. The van der Waals surface area contributed by atoms with Crippen LogP contribution in [0.3, 0.4) is 0 Å². The van der Waals surface area contributed by atoms with Crippen molar-refractivity contribution in [2.24, 2.45) is 5.41 Å². The van der Waals surface area contributed by atoms with Crippen LogP contribution in [0.25, 0.3) is 0 Å². The van der Waals surface area contributed by atoms with Gasteiger partial charge in [-0.2, -0.15) is 0 Å². The Morgan fingerprint density at radius 1 is 1.33 bits per heavy atom. The second-order valence-corrected chi connectivity index (χ2v) is 6.05. The third-order valence-corrected chi connectivity index (χ3v) is 4.62. The Kier molecular flexibility index (Phi) is 5.58. The summed E-state index contributed by atoms with van der Waals surface area (Å²) in [6, 6.07) is 0. The van der Waals surface area contributed by atoms with Crippen LogP contribution in [0.5, 0.6) is 0 Å². The van der Waals surface area contributed by atoms with Crippen LogP contribution in [0.15, 0.2) is 0 Å². The summed E-state index contributed by atoms with van der Waals surface area (Å²) >= 11 is 0. The van der Waals surface area contributed by atoms with Crippen LogP contribution in [-0.4, -0.2) is 48.9 Å². The number of hydrogen-bond donors (Lipinski definition) is 2. The highest BCUT2D eigenvalue weighted by Crippen LogP contribution is 2.43. The SMILES string of the molecule is CCOCCC1(CNC(=O)[C@@H]2CC[C@H](C(=O)O)O2)CCC1. The normalized spacial score (nSPS) is 27.1. The molecule has 0 aromatic rings. The Morgan fingerprint density at radius 3 is 2.57 bits per heavy atom. The van der Waals surface area contributed by atoms with E-state index in [1.807, 2.05) is 6.92 Å². The van der Waals surface area contributed by atoms with Crippen molar-refractivity contribution < 1.29 is 24.2 Å². The highest BCUT2D eigenvalue weighted by Gasteiger charge is 2.39. The van der Waals surface area contributed by atoms with E-state index < -0.39 is 18.2 Å². The van der Waals surface area contributed by atoms with Crippen LogP contribution in [-0.2, 0) is 19.1 Å². The number of aliphatic carboxylic acids is 1. The van der Waals surface area contributed by atoms with E-state index in [-0.39, 0.29) is 11.3 Å². The third kappa shape index (κ3) is 4.17. The minimum absolute atomic E-state index is 0.162. The maximum absolute atomic E-state index is 12.1. The van der Waals surface area contributed by atoms with E-state index in [0.717, 1.165) is 32.5 Å². The molecule has 2 fully saturated rings. The number of hydrogen-bond acceptors (Lipinski definition) is 4.